The minimum atomic E-state index is 0.705. The molecule has 1 aromatic carbocycles. The van der Waals surface area contributed by atoms with Crippen LogP contribution in [0.25, 0.3) is 0 Å². The smallest absolute Gasteiger partial charge is 0.144 e. The zero-order valence-electron chi connectivity index (χ0n) is 11.6. The first kappa shape index (κ1) is 13.1. The standard InChI is InChI=1S/C17H14N2O2/c1-13-6-7-16(18-11-14-4-2-8-20-14)17(10-13)19-12-15-5-3-9-21-15/h2-12H,1H3. The Kier molecular flexibility index (Phi) is 3.78. The van der Waals surface area contributed by atoms with Crippen molar-refractivity contribution in [3.05, 3.63) is 72.1 Å². The van der Waals surface area contributed by atoms with Crippen LogP contribution in [0, 0.1) is 6.92 Å². The average Bonchev–Trinajstić information content (AvgIpc) is 3.17. The van der Waals surface area contributed by atoms with Gasteiger partial charge in [0.2, 0.25) is 0 Å². The van der Waals surface area contributed by atoms with E-state index >= 15 is 0 Å². The fraction of sp³-hybridized carbons (Fsp3) is 0.0588. The van der Waals surface area contributed by atoms with E-state index in [1.54, 1.807) is 25.0 Å². The lowest BCUT2D eigenvalue weighted by molar-refractivity contribution is 0.560. The van der Waals surface area contributed by atoms with E-state index in [0.29, 0.717) is 11.5 Å². The van der Waals surface area contributed by atoms with Gasteiger partial charge in [-0.2, -0.15) is 0 Å². The van der Waals surface area contributed by atoms with Gasteiger partial charge in [-0.1, -0.05) is 6.07 Å². The molecule has 2 aromatic heterocycles. The van der Waals surface area contributed by atoms with Crippen molar-refractivity contribution in [2.75, 3.05) is 0 Å². The maximum absolute atomic E-state index is 5.24. The number of nitrogens with zero attached hydrogens (tertiary/aromatic N) is 2. The summed E-state index contributed by atoms with van der Waals surface area (Å²) in [6.07, 6.45) is 6.59. The Labute approximate surface area is 122 Å². The normalized spacial score (nSPS) is 11.7. The molecular formula is C17H14N2O2. The predicted molar refractivity (Wildman–Crippen MR) is 83.1 cm³/mol. The Bertz CT molecular complexity index is 754. The second-order valence-corrected chi connectivity index (χ2v) is 4.54. The van der Waals surface area contributed by atoms with Gasteiger partial charge >= 0.3 is 0 Å². The van der Waals surface area contributed by atoms with Crippen LogP contribution in [0.2, 0.25) is 0 Å². The van der Waals surface area contributed by atoms with Crippen molar-refractivity contribution in [3.63, 3.8) is 0 Å². The fourth-order valence-corrected chi connectivity index (χ4v) is 1.84. The van der Waals surface area contributed by atoms with E-state index < -0.39 is 0 Å². The van der Waals surface area contributed by atoms with E-state index in [4.69, 9.17) is 8.83 Å². The highest BCUT2D eigenvalue weighted by atomic mass is 16.3. The van der Waals surface area contributed by atoms with Gasteiger partial charge in [0.1, 0.15) is 11.5 Å². The van der Waals surface area contributed by atoms with Crippen molar-refractivity contribution >= 4 is 23.8 Å². The molecule has 0 N–H and O–H groups in total. The predicted octanol–water partition coefficient (Wildman–Crippen LogP) is 4.68. The third-order valence-electron chi connectivity index (χ3n) is 2.88. The van der Waals surface area contributed by atoms with Crippen LogP contribution >= 0.6 is 0 Å². The van der Waals surface area contributed by atoms with Crippen molar-refractivity contribution in [2.24, 2.45) is 9.98 Å². The molecule has 4 heteroatoms. The summed E-state index contributed by atoms with van der Waals surface area (Å²) in [5.74, 6) is 1.41. The first-order valence-corrected chi connectivity index (χ1v) is 6.57. The Hall–Kier alpha value is -2.88. The van der Waals surface area contributed by atoms with E-state index in [1.807, 2.05) is 49.4 Å². The number of aryl methyl sites for hydroxylation is 1. The number of furan rings is 2. The Balaban J connectivity index is 1.89. The lowest BCUT2D eigenvalue weighted by Gasteiger charge is -2.01. The summed E-state index contributed by atoms with van der Waals surface area (Å²) in [6, 6.07) is 13.3. The lowest BCUT2D eigenvalue weighted by Crippen LogP contribution is -1.79. The van der Waals surface area contributed by atoms with Crippen molar-refractivity contribution < 1.29 is 8.83 Å². The summed E-state index contributed by atoms with van der Waals surface area (Å²) in [5, 5.41) is 0. The summed E-state index contributed by atoms with van der Waals surface area (Å²) in [6.45, 7) is 2.02. The SMILES string of the molecule is Cc1ccc(N=Cc2ccco2)c(N=Cc2ccco2)c1. The maximum Gasteiger partial charge on any atom is 0.144 e. The highest BCUT2D eigenvalue weighted by Gasteiger charge is 2.00. The highest BCUT2D eigenvalue weighted by Crippen LogP contribution is 2.28. The van der Waals surface area contributed by atoms with Gasteiger partial charge in [-0.3, -0.25) is 9.98 Å². The van der Waals surface area contributed by atoms with Gasteiger partial charge in [-0.15, -0.1) is 0 Å². The molecule has 4 nitrogen and oxygen atoms in total. The van der Waals surface area contributed by atoms with Crippen LogP contribution in [0.15, 0.2) is 73.8 Å². The van der Waals surface area contributed by atoms with Crippen molar-refractivity contribution in [1.29, 1.82) is 0 Å². The van der Waals surface area contributed by atoms with Gasteiger partial charge in [0.25, 0.3) is 0 Å². The van der Waals surface area contributed by atoms with Crippen LogP contribution < -0.4 is 0 Å². The minimum Gasteiger partial charge on any atom is -0.463 e. The van der Waals surface area contributed by atoms with Crippen LogP contribution in [0.4, 0.5) is 11.4 Å². The largest absolute Gasteiger partial charge is 0.463 e. The summed E-state index contributed by atoms with van der Waals surface area (Å²) < 4.78 is 10.5. The topological polar surface area (TPSA) is 51.0 Å². The molecule has 0 aliphatic heterocycles. The Morgan fingerprint density at radius 3 is 2.00 bits per heavy atom. The molecule has 0 fully saturated rings. The van der Waals surface area contributed by atoms with Gasteiger partial charge in [0.15, 0.2) is 0 Å². The summed E-state index contributed by atoms with van der Waals surface area (Å²) in [4.78, 5) is 8.87. The molecule has 0 aliphatic rings. The third kappa shape index (κ3) is 3.36. The van der Waals surface area contributed by atoms with Gasteiger partial charge < -0.3 is 8.83 Å². The number of rotatable bonds is 4. The minimum absolute atomic E-state index is 0.705. The molecule has 0 amide bonds. The molecular weight excluding hydrogens is 264 g/mol. The van der Waals surface area contributed by atoms with Crippen molar-refractivity contribution in [2.45, 2.75) is 6.92 Å². The molecule has 3 aromatic rings. The Morgan fingerprint density at radius 2 is 1.43 bits per heavy atom. The number of benzene rings is 1. The molecule has 0 unspecified atom stereocenters. The lowest BCUT2D eigenvalue weighted by atomic mass is 10.2. The van der Waals surface area contributed by atoms with Crippen LogP contribution in [0.3, 0.4) is 0 Å². The molecule has 2 heterocycles. The van der Waals surface area contributed by atoms with E-state index in [0.717, 1.165) is 16.9 Å². The second-order valence-electron chi connectivity index (χ2n) is 4.54. The highest BCUT2D eigenvalue weighted by molar-refractivity contribution is 5.84. The molecule has 3 rings (SSSR count). The fourth-order valence-electron chi connectivity index (χ4n) is 1.84. The summed E-state index contributed by atoms with van der Waals surface area (Å²) in [5.41, 5.74) is 2.69. The van der Waals surface area contributed by atoms with E-state index in [1.165, 1.54) is 0 Å². The Morgan fingerprint density at radius 1 is 0.810 bits per heavy atom. The van der Waals surface area contributed by atoms with Gasteiger partial charge in [-0.25, -0.2) is 0 Å². The zero-order chi connectivity index (χ0) is 14.5. The molecule has 0 bridgehead atoms. The molecule has 0 radical (unpaired) electrons. The summed E-state index contributed by atoms with van der Waals surface area (Å²) in [7, 11) is 0. The van der Waals surface area contributed by atoms with Gasteiger partial charge in [-0.05, 0) is 48.9 Å². The molecule has 104 valence electrons. The number of aliphatic imine (C=N–C) groups is 2. The van der Waals surface area contributed by atoms with E-state index in [-0.39, 0.29) is 0 Å². The first-order chi connectivity index (χ1) is 10.3. The van der Waals surface area contributed by atoms with Gasteiger partial charge in [0.05, 0.1) is 36.3 Å². The average molecular weight is 278 g/mol. The van der Waals surface area contributed by atoms with Crippen LogP contribution in [0.5, 0.6) is 0 Å². The maximum atomic E-state index is 5.24. The molecule has 0 saturated carbocycles. The van der Waals surface area contributed by atoms with Crippen LogP contribution in [-0.4, -0.2) is 12.4 Å². The van der Waals surface area contributed by atoms with Gasteiger partial charge in [0, 0.05) is 0 Å². The zero-order valence-corrected chi connectivity index (χ0v) is 11.6. The third-order valence-corrected chi connectivity index (χ3v) is 2.88. The molecule has 21 heavy (non-hydrogen) atoms. The van der Waals surface area contributed by atoms with E-state index in [2.05, 4.69) is 9.98 Å². The molecule has 0 aliphatic carbocycles. The van der Waals surface area contributed by atoms with Crippen molar-refractivity contribution in [3.8, 4) is 0 Å². The molecule has 0 saturated heterocycles. The summed E-state index contributed by atoms with van der Waals surface area (Å²) >= 11 is 0. The van der Waals surface area contributed by atoms with Crippen LogP contribution in [-0.2, 0) is 0 Å². The quantitative estimate of drug-likeness (QED) is 0.650. The second kappa shape index (κ2) is 6.05. The molecule has 0 spiro atoms. The number of hydrogen-bond acceptors (Lipinski definition) is 4. The van der Waals surface area contributed by atoms with E-state index in [9.17, 15) is 0 Å². The number of hydrogen-bond donors (Lipinski definition) is 0. The first-order valence-electron chi connectivity index (χ1n) is 6.57. The monoisotopic (exact) mass is 278 g/mol. The molecule has 0 atom stereocenters. The van der Waals surface area contributed by atoms with Crippen molar-refractivity contribution in [1.82, 2.24) is 0 Å². The van der Waals surface area contributed by atoms with Crippen LogP contribution in [0.1, 0.15) is 17.1 Å².